The number of nitrogens with zero attached hydrogens (tertiary/aromatic N) is 4. The van der Waals surface area contributed by atoms with Crippen molar-refractivity contribution in [2.24, 2.45) is 5.92 Å². The van der Waals surface area contributed by atoms with Gasteiger partial charge in [-0.3, -0.25) is 0 Å². The number of amides is 1. The standard InChI is InChI=1S/C19H17N5O3/c1-27-15-8-7-14(13-4-2-3-11(9-13)10-20)24-18(15)22-17(23-24)16(12-5-6-12)21-19(25)26/h2-4,7-9,12,16,21H,5-6H2,1H3,(H,25,26). The fourth-order valence-corrected chi connectivity index (χ4v) is 3.17. The van der Waals surface area contributed by atoms with E-state index in [-0.39, 0.29) is 5.92 Å². The van der Waals surface area contributed by atoms with Crippen molar-refractivity contribution in [2.75, 3.05) is 7.11 Å². The van der Waals surface area contributed by atoms with Gasteiger partial charge in [0.25, 0.3) is 0 Å². The van der Waals surface area contributed by atoms with Crippen LogP contribution in [0.4, 0.5) is 4.79 Å². The Hall–Kier alpha value is -3.60. The summed E-state index contributed by atoms with van der Waals surface area (Å²) in [7, 11) is 1.55. The average molecular weight is 363 g/mol. The highest BCUT2D eigenvalue weighted by Crippen LogP contribution is 2.40. The zero-order valence-corrected chi connectivity index (χ0v) is 14.6. The molecule has 3 aromatic rings. The van der Waals surface area contributed by atoms with Gasteiger partial charge < -0.3 is 15.2 Å². The Bertz CT molecular complexity index is 1060. The molecule has 1 fully saturated rings. The van der Waals surface area contributed by atoms with E-state index in [1.165, 1.54) is 0 Å². The van der Waals surface area contributed by atoms with Crippen LogP contribution in [0.1, 0.15) is 30.3 Å². The van der Waals surface area contributed by atoms with Crippen molar-refractivity contribution in [3.8, 4) is 23.1 Å². The fraction of sp³-hybridized carbons (Fsp3) is 0.263. The summed E-state index contributed by atoms with van der Waals surface area (Å²) in [4.78, 5) is 15.7. The molecule has 1 aromatic carbocycles. The lowest BCUT2D eigenvalue weighted by atomic mass is 10.1. The smallest absolute Gasteiger partial charge is 0.405 e. The summed E-state index contributed by atoms with van der Waals surface area (Å²) >= 11 is 0. The molecule has 1 amide bonds. The van der Waals surface area contributed by atoms with Crippen molar-refractivity contribution >= 4 is 11.7 Å². The van der Waals surface area contributed by atoms with Crippen LogP contribution in [0.5, 0.6) is 5.75 Å². The number of nitriles is 1. The number of methoxy groups -OCH3 is 1. The Morgan fingerprint density at radius 1 is 1.41 bits per heavy atom. The molecule has 27 heavy (non-hydrogen) atoms. The number of hydrogen-bond donors (Lipinski definition) is 2. The summed E-state index contributed by atoms with van der Waals surface area (Å²) in [5, 5.41) is 25.4. The van der Waals surface area contributed by atoms with Crippen LogP contribution in [0, 0.1) is 17.2 Å². The van der Waals surface area contributed by atoms with E-state index in [0.717, 1.165) is 24.1 Å². The number of carbonyl (C=O) groups is 1. The molecule has 136 valence electrons. The molecular weight excluding hydrogens is 346 g/mol. The molecule has 1 atom stereocenters. The number of rotatable bonds is 5. The van der Waals surface area contributed by atoms with Gasteiger partial charge in [-0.15, -0.1) is 5.10 Å². The predicted molar refractivity (Wildman–Crippen MR) is 96.3 cm³/mol. The molecule has 0 spiro atoms. The van der Waals surface area contributed by atoms with Crippen molar-refractivity contribution in [3.05, 3.63) is 47.8 Å². The van der Waals surface area contributed by atoms with Crippen LogP contribution in [-0.4, -0.2) is 32.9 Å². The van der Waals surface area contributed by atoms with E-state index in [4.69, 9.17) is 15.1 Å². The third kappa shape index (κ3) is 3.15. The van der Waals surface area contributed by atoms with Gasteiger partial charge in [0.05, 0.1) is 30.5 Å². The molecule has 2 N–H and O–H groups in total. The van der Waals surface area contributed by atoms with Crippen molar-refractivity contribution in [2.45, 2.75) is 18.9 Å². The highest BCUT2D eigenvalue weighted by molar-refractivity contribution is 5.68. The van der Waals surface area contributed by atoms with Gasteiger partial charge in [0.1, 0.15) is 0 Å². The number of benzene rings is 1. The molecule has 0 bridgehead atoms. The third-order valence-corrected chi connectivity index (χ3v) is 4.62. The summed E-state index contributed by atoms with van der Waals surface area (Å²) in [5.41, 5.74) is 2.60. The molecular formula is C19H17N5O3. The highest BCUT2D eigenvalue weighted by atomic mass is 16.5. The van der Waals surface area contributed by atoms with Gasteiger partial charge in [-0.25, -0.2) is 14.3 Å². The molecule has 0 saturated heterocycles. The predicted octanol–water partition coefficient (Wildman–Crippen LogP) is 3.00. The fourth-order valence-electron chi connectivity index (χ4n) is 3.17. The van der Waals surface area contributed by atoms with Gasteiger partial charge in [0, 0.05) is 5.56 Å². The molecule has 1 unspecified atom stereocenters. The third-order valence-electron chi connectivity index (χ3n) is 4.62. The average Bonchev–Trinajstić information content (AvgIpc) is 3.42. The normalized spacial score (nSPS) is 14.5. The number of fused-ring (bicyclic) bond motifs is 1. The molecule has 4 rings (SSSR count). The Labute approximate surface area is 155 Å². The highest BCUT2D eigenvalue weighted by Gasteiger charge is 2.36. The number of hydrogen-bond acceptors (Lipinski definition) is 5. The molecule has 1 saturated carbocycles. The van der Waals surface area contributed by atoms with Crippen molar-refractivity contribution < 1.29 is 14.6 Å². The molecule has 2 aromatic heterocycles. The van der Waals surface area contributed by atoms with E-state index < -0.39 is 12.1 Å². The first-order valence-corrected chi connectivity index (χ1v) is 8.54. The second-order valence-electron chi connectivity index (χ2n) is 6.45. The second-order valence-corrected chi connectivity index (χ2v) is 6.45. The van der Waals surface area contributed by atoms with Crippen LogP contribution in [0.2, 0.25) is 0 Å². The largest absolute Gasteiger partial charge is 0.493 e. The van der Waals surface area contributed by atoms with E-state index in [1.54, 1.807) is 35.9 Å². The number of ether oxygens (including phenoxy) is 1. The minimum atomic E-state index is -1.10. The van der Waals surface area contributed by atoms with E-state index in [0.29, 0.717) is 22.8 Å². The van der Waals surface area contributed by atoms with Crippen LogP contribution in [0.25, 0.3) is 16.9 Å². The quantitative estimate of drug-likeness (QED) is 0.720. The minimum absolute atomic E-state index is 0.204. The topological polar surface area (TPSA) is 113 Å². The lowest BCUT2D eigenvalue weighted by Crippen LogP contribution is -2.29. The van der Waals surface area contributed by atoms with Gasteiger partial charge in [-0.1, -0.05) is 12.1 Å². The van der Waals surface area contributed by atoms with Crippen LogP contribution in [-0.2, 0) is 0 Å². The van der Waals surface area contributed by atoms with Gasteiger partial charge in [0.2, 0.25) is 0 Å². The maximum absolute atomic E-state index is 11.2. The number of aromatic nitrogens is 3. The Balaban J connectivity index is 1.87. The lowest BCUT2D eigenvalue weighted by Gasteiger charge is -2.11. The Morgan fingerprint density at radius 3 is 2.89 bits per heavy atom. The maximum atomic E-state index is 11.2. The maximum Gasteiger partial charge on any atom is 0.405 e. The van der Waals surface area contributed by atoms with Gasteiger partial charge in [0.15, 0.2) is 17.2 Å². The number of pyridine rings is 1. The van der Waals surface area contributed by atoms with Crippen LogP contribution >= 0.6 is 0 Å². The number of carboxylic acid groups (broad SMARTS) is 1. The molecule has 8 nitrogen and oxygen atoms in total. The first-order valence-electron chi connectivity index (χ1n) is 8.54. The minimum Gasteiger partial charge on any atom is -0.493 e. The lowest BCUT2D eigenvalue weighted by molar-refractivity contribution is 0.187. The van der Waals surface area contributed by atoms with Crippen molar-refractivity contribution in [3.63, 3.8) is 0 Å². The van der Waals surface area contributed by atoms with E-state index in [2.05, 4.69) is 21.5 Å². The monoisotopic (exact) mass is 363 g/mol. The Morgan fingerprint density at radius 2 is 2.22 bits per heavy atom. The summed E-state index contributed by atoms with van der Waals surface area (Å²) in [6.07, 6.45) is 0.781. The number of nitrogens with one attached hydrogen (secondary N) is 1. The SMILES string of the molecule is COc1ccc(-c2cccc(C#N)c2)n2nc(C(NC(=O)O)C3CC3)nc12. The van der Waals surface area contributed by atoms with Crippen LogP contribution in [0.15, 0.2) is 36.4 Å². The molecule has 0 aliphatic heterocycles. The van der Waals surface area contributed by atoms with Crippen molar-refractivity contribution in [1.29, 1.82) is 5.26 Å². The zero-order valence-electron chi connectivity index (χ0n) is 14.6. The zero-order chi connectivity index (χ0) is 19.0. The molecule has 2 heterocycles. The second kappa shape index (κ2) is 6.61. The van der Waals surface area contributed by atoms with E-state index in [9.17, 15) is 4.79 Å². The molecule has 8 heteroatoms. The summed E-state index contributed by atoms with van der Waals surface area (Å²) in [6.45, 7) is 0. The summed E-state index contributed by atoms with van der Waals surface area (Å²) in [6, 6.07) is 12.5. The summed E-state index contributed by atoms with van der Waals surface area (Å²) < 4.78 is 7.04. The van der Waals surface area contributed by atoms with Gasteiger partial charge >= 0.3 is 6.09 Å². The first kappa shape index (κ1) is 16.8. The first-order chi connectivity index (χ1) is 13.1. The molecule has 0 radical (unpaired) electrons. The van der Waals surface area contributed by atoms with Crippen molar-refractivity contribution in [1.82, 2.24) is 19.9 Å². The molecule has 1 aliphatic carbocycles. The van der Waals surface area contributed by atoms with Gasteiger partial charge in [-0.2, -0.15) is 5.26 Å². The Kier molecular flexibility index (Phi) is 4.12. The van der Waals surface area contributed by atoms with E-state index in [1.807, 2.05) is 12.1 Å². The molecule has 1 aliphatic rings. The van der Waals surface area contributed by atoms with Gasteiger partial charge in [-0.05, 0) is 43.0 Å². The summed E-state index contributed by atoms with van der Waals surface area (Å²) in [5.74, 6) is 1.16. The van der Waals surface area contributed by atoms with Crippen LogP contribution < -0.4 is 10.1 Å². The van der Waals surface area contributed by atoms with Crippen LogP contribution in [0.3, 0.4) is 0 Å². The van der Waals surface area contributed by atoms with E-state index >= 15 is 0 Å².